The van der Waals surface area contributed by atoms with Crippen molar-refractivity contribution in [1.29, 1.82) is 0 Å². The van der Waals surface area contributed by atoms with Crippen molar-refractivity contribution >= 4 is 39.8 Å². The Morgan fingerprint density at radius 2 is 1.87 bits per heavy atom. The Balaban J connectivity index is 1.99. The van der Waals surface area contributed by atoms with Crippen LogP contribution in [0.25, 0.3) is 10.9 Å². The third-order valence-electron chi connectivity index (χ3n) is 3.89. The number of anilines is 3. The summed E-state index contributed by atoms with van der Waals surface area (Å²) in [6, 6.07) is 7.63. The predicted octanol–water partition coefficient (Wildman–Crippen LogP) is 4.65. The smallest absolute Gasteiger partial charge is 0.422 e. The van der Waals surface area contributed by atoms with E-state index < -0.39 is 30.3 Å². The van der Waals surface area contributed by atoms with Crippen LogP contribution in [0.1, 0.15) is 17.4 Å². The van der Waals surface area contributed by atoms with Crippen LogP contribution in [0.4, 0.5) is 34.6 Å². The molecule has 1 aromatic heterocycles. The molecule has 0 aliphatic heterocycles. The first-order valence-corrected chi connectivity index (χ1v) is 8.45. The number of fused-ring (bicyclic) bond motifs is 1. The number of H-pyrrole nitrogens is 1. The van der Waals surface area contributed by atoms with E-state index in [9.17, 15) is 32.3 Å². The normalized spacial score (nSPS) is 11.4. The number of hydrogen-bond donors (Lipinski definition) is 4. The highest BCUT2D eigenvalue weighted by molar-refractivity contribution is 6.03. The van der Waals surface area contributed by atoms with Crippen LogP contribution >= 0.6 is 0 Å². The van der Waals surface area contributed by atoms with Gasteiger partial charge in [0.25, 0.3) is 0 Å². The van der Waals surface area contributed by atoms with Crippen LogP contribution in [0.2, 0.25) is 0 Å². The topological polar surface area (TPSA) is 103 Å². The van der Waals surface area contributed by atoms with E-state index in [2.05, 4.69) is 20.4 Å². The average molecular weight is 425 g/mol. The molecule has 0 saturated carbocycles. The second kappa shape index (κ2) is 7.93. The standard InChI is InChI=1S/C19H15F4N3O4/c1-9(27)24-11-4-14(12-7-16(18(28)29)26-15(12)5-11)25-10-2-3-13(20)17(6-10)30-8-19(21,22)23/h2-7,25-26H,8H2,1H3,(H,24,27)(H,28,29). The molecule has 7 nitrogen and oxygen atoms in total. The zero-order valence-corrected chi connectivity index (χ0v) is 15.4. The Hall–Kier alpha value is -3.76. The molecule has 1 amide bonds. The van der Waals surface area contributed by atoms with E-state index in [1.165, 1.54) is 31.2 Å². The van der Waals surface area contributed by atoms with E-state index in [1.807, 2.05) is 0 Å². The Bertz CT molecular complexity index is 1120. The number of amides is 1. The van der Waals surface area contributed by atoms with Crippen molar-refractivity contribution in [3.05, 3.63) is 47.9 Å². The number of aromatic nitrogens is 1. The first-order valence-electron chi connectivity index (χ1n) is 8.45. The molecule has 0 bridgehead atoms. The van der Waals surface area contributed by atoms with Crippen molar-refractivity contribution in [3.63, 3.8) is 0 Å². The lowest BCUT2D eigenvalue weighted by atomic mass is 10.1. The van der Waals surface area contributed by atoms with Crippen LogP contribution in [-0.4, -0.2) is 34.8 Å². The summed E-state index contributed by atoms with van der Waals surface area (Å²) in [7, 11) is 0. The number of carbonyl (C=O) groups excluding carboxylic acids is 1. The van der Waals surface area contributed by atoms with E-state index in [4.69, 9.17) is 0 Å². The molecule has 0 aliphatic carbocycles. The van der Waals surface area contributed by atoms with Crippen molar-refractivity contribution in [2.24, 2.45) is 0 Å². The quantitative estimate of drug-likeness (QED) is 0.431. The highest BCUT2D eigenvalue weighted by atomic mass is 19.4. The largest absolute Gasteiger partial charge is 0.481 e. The molecule has 30 heavy (non-hydrogen) atoms. The summed E-state index contributed by atoms with van der Waals surface area (Å²) in [5.74, 6) is -3.15. The Morgan fingerprint density at radius 1 is 1.13 bits per heavy atom. The SMILES string of the molecule is CC(=O)Nc1cc(Nc2ccc(F)c(OCC(F)(F)F)c2)c2cc(C(=O)O)[nH]c2c1. The second-order valence-corrected chi connectivity index (χ2v) is 6.33. The van der Waals surface area contributed by atoms with Gasteiger partial charge in [-0.3, -0.25) is 4.79 Å². The van der Waals surface area contributed by atoms with Gasteiger partial charge in [0.1, 0.15) is 5.69 Å². The van der Waals surface area contributed by atoms with Crippen LogP contribution in [0.15, 0.2) is 36.4 Å². The number of aromatic amines is 1. The summed E-state index contributed by atoms with van der Waals surface area (Å²) in [5, 5.41) is 15.1. The minimum Gasteiger partial charge on any atom is -0.481 e. The maximum Gasteiger partial charge on any atom is 0.422 e. The molecule has 0 unspecified atom stereocenters. The third kappa shape index (κ3) is 4.99. The number of rotatable bonds is 6. The molecule has 4 N–H and O–H groups in total. The van der Waals surface area contributed by atoms with Crippen molar-refractivity contribution in [3.8, 4) is 5.75 Å². The van der Waals surface area contributed by atoms with Crippen LogP contribution in [0.3, 0.4) is 0 Å². The Labute approximate surface area is 166 Å². The van der Waals surface area contributed by atoms with Gasteiger partial charge in [-0.15, -0.1) is 0 Å². The van der Waals surface area contributed by atoms with Crippen molar-refractivity contribution in [2.45, 2.75) is 13.1 Å². The van der Waals surface area contributed by atoms with E-state index in [0.717, 1.165) is 12.1 Å². The molecule has 0 spiro atoms. The molecule has 3 rings (SSSR count). The number of alkyl halides is 3. The van der Waals surface area contributed by atoms with Crippen LogP contribution in [0, 0.1) is 5.82 Å². The van der Waals surface area contributed by atoms with Gasteiger partial charge in [0.2, 0.25) is 5.91 Å². The van der Waals surface area contributed by atoms with E-state index in [0.29, 0.717) is 22.3 Å². The van der Waals surface area contributed by atoms with Gasteiger partial charge in [0.15, 0.2) is 18.2 Å². The molecule has 11 heteroatoms. The van der Waals surface area contributed by atoms with Gasteiger partial charge in [-0.1, -0.05) is 0 Å². The number of nitrogens with one attached hydrogen (secondary N) is 3. The molecular weight excluding hydrogens is 410 g/mol. The third-order valence-corrected chi connectivity index (χ3v) is 3.89. The first kappa shape index (κ1) is 21.0. The number of carboxylic acid groups (broad SMARTS) is 1. The van der Waals surface area contributed by atoms with Crippen LogP contribution in [0.5, 0.6) is 5.75 Å². The average Bonchev–Trinajstić information content (AvgIpc) is 3.05. The fourth-order valence-electron chi connectivity index (χ4n) is 2.74. The van der Waals surface area contributed by atoms with Gasteiger partial charge < -0.3 is 25.5 Å². The Kier molecular flexibility index (Phi) is 5.54. The van der Waals surface area contributed by atoms with Crippen LogP contribution < -0.4 is 15.4 Å². The fraction of sp³-hybridized carbons (Fsp3) is 0.158. The summed E-state index contributed by atoms with van der Waals surface area (Å²) in [4.78, 5) is 25.3. The second-order valence-electron chi connectivity index (χ2n) is 6.33. The van der Waals surface area contributed by atoms with Gasteiger partial charge in [0, 0.05) is 29.8 Å². The molecular formula is C19H15F4N3O4. The minimum atomic E-state index is -4.63. The molecule has 3 aromatic rings. The summed E-state index contributed by atoms with van der Waals surface area (Å²) < 4.78 is 55.4. The van der Waals surface area contributed by atoms with Crippen molar-refractivity contribution in [1.82, 2.24) is 4.98 Å². The maximum absolute atomic E-state index is 13.8. The number of benzene rings is 2. The number of halogens is 4. The molecule has 0 radical (unpaired) electrons. The molecule has 0 atom stereocenters. The zero-order chi connectivity index (χ0) is 22.1. The van der Waals surface area contributed by atoms with E-state index in [-0.39, 0.29) is 17.3 Å². The zero-order valence-electron chi connectivity index (χ0n) is 15.4. The summed E-state index contributed by atoms with van der Waals surface area (Å²) >= 11 is 0. The Morgan fingerprint density at radius 3 is 2.50 bits per heavy atom. The number of ether oxygens (including phenoxy) is 1. The number of carbonyl (C=O) groups is 2. The first-order chi connectivity index (χ1) is 14.0. The molecule has 0 fully saturated rings. The monoisotopic (exact) mass is 425 g/mol. The van der Waals surface area contributed by atoms with Crippen molar-refractivity contribution in [2.75, 3.05) is 17.2 Å². The van der Waals surface area contributed by atoms with Gasteiger partial charge in [-0.05, 0) is 30.3 Å². The highest BCUT2D eigenvalue weighted by Gasteiger charge is 2.29. The van der Waals surface area contributed by atoms with Gasteiger partial charge in [-0.2, -0.15) is 13.2 Å². The molecule has 0 aliphatic rings. The fourth-order valence-corrected chi connectivity index (χ4v) is 2.74. The molecule has 1 heterocycles. The van der Waals surface area contributed by atoms with E-state index in [1.54, 1.807) is 0 Å². The summed E-state index contributed by atoms with van der Waals surface area (Å²) in [5.41, 5.74) is 1.13. The summed E-state index contributed by atoms with van der Waals surface area (Å²) in [6.45, 7) is -0.367. The lowest BCUT2D eigenvalue weighted by molar-refractivity contribution is -0.153. The minimum absolute atomic E-state index is 0.110. The van der Waals surface area contributed by atoms with E-state index >= 15 is 0 Å². The maximum atomic E-state index is 13.8. The highest BCUT2D eigenvalue weighted by Crippen LogP contribution is 2.33. The van der Waals surface area contributed by atoms with Crippen molar-refractivity contribution < 1.29 is 37.0 Å². The number of aromatic carboxylic acids is 1. The predicted molar refractivity (Wildman–Crippen MR) is 101 cm³/mol. The van der Waals surface area contributed by atoms with Gasteiger partial charge in [-0.25, -0.2) is 9.18 Å². The van der Waals surface area contributed by atoms with Crippen LogP contribution in [-0.2, 0) is 4.79 Å². The molecule has 0 saturated heterocycles. The molecule has 158 valence electrons. The lowest BCUT2D eigenvalue weighted by Crippen LogP contribution is -2.19. The number of hydrogen-bond acceptors (Lipinski definition) is 4. The van der Waals surface area contributed by atoms with Gasteiger partial charge >= 0.3 is 12.1 Å². The number of carboxylic acids is 1. The summed E-state index contributed by atoms with van der Waals surface area (Å²) in [6.07, 6.45) is -4.63. The lowest BCUT2D eigenvalue weighted by Gasteiger charge is -2.14. The van der Waals surface area contributed by atoms with Gasteiger partial charge in [0.05, 0.1) is 11.2 Å². The molecule has 2 aromatic carbocycles.